The van der Waals surface area contributed by atoms with Crippen molar-refractivity contribution in [3.8, 4) is 0 Å². The van der Waals surface area contributed by atoms with Crippen LogP contribution >= 0.6 is 39.1 Å². The second kappa shape index (κ2) is 15.7. The van der Waals surface area contributed by atoms with Crippen molar-refractivity contribution in [1.82, 2.24) is 10.2 Å². The predicted molar refractivity (Wildman–Crippen MR) is 191 cm³/mol. The molecule has 1 aliphatic carbocycles. The van der Waals surface area contributed by atoms with Crippen LogP contribution in [0.4, 0.5) is 5.69 Å². The summed E-state index contributed by atoms with van der Waals surface area (Å²) in [4.78, 5) is 30.2. The molecule has 1 saturated carbocycles. The lowest BCUT2D eigenvalue weighted by Crippen LogP contribution is -2.54. The summed E-state index contributed by atoms with van der Waals surface area (Å²) < 4.78 is 30.4. The molecule has 5 rings (SSSR count). The molecule has 0 radical (unpaired) electrons. The third-order valence-corrected chi connectivity index (χ3v) is 11.4. The van der Waals surface area contributed by atoms with Gasteiger partial charge in [0.1, 0.15) is 12.6 Å². The fraction of sp³-hybridized carbons (Fsp3) is 0.278. The molecule has 0 bridgehead atoms. The Morgan fingerprint density at radius 2 is 1.53 bits per heavy atom. The Hall–Kier alpha value is -3.37. The van der Waals surface area contributed by atoms with Gasteiger partial charge in [-0.2, -0.15) is 0 Å². The molecule has 0 saturated heterocycles. The maximum atomic E-state index is 14.7. The molecule has 1 fully saturated rings. The van der Waals surface area contributed by atoms with E-state index in [9.17, 15) is 18.0 Å². The molecule has 47 heavy (non-hydrogen) atoms. The van der Waals surface area contributed by atoms with Gasteiger partial charge in [-0.3, -0.25) is 13.9 Å². The van der Waals surface area contributed by atoms with Gasteiger partial charge in [-0.05, 0) is 67.3 Å². The maximum Gasteiger partial charge on any atom is 0.264 e. The van der Waals surface area contributed by atoms with E-state index >= 15 is 0 Å². The van der Waals surface area contributed by atoms with Crippen LogP contribution in [0.2, 0.25) is 10.0 Å². The van der Waals surface area contributed by atoms with E-state index in [0.717, 1.165) is 51.2 Å². The normalized spacial score (nSPS) is 14.0. The molecule has 1 N–H and O–H groups in total. The van der Waals surface area contributed by atoms with E-state index in [1.165, 1.54) is 23.1 Å². The summed E-state index contributed by atoms with van der Waals surface area (Å²) >= 11 is 16.4. The lowest BCUT2D eigenvalue weighted by atomic mass is 10.0. The Balaban J connectivity index is 1.58. The number of hydrogen-bond donors (Lipinski definition) is 1. The fourth-order valence-corrected chi connectivity index (χ4v) is 7.88. The van der Waals surface area contributed by atoms with Gasteiger partial charge in [0.05, 0.1) is 20.6 Å². The highest BCUT2D eigenvalue weighted by atomic mass is 79.9. The SMILES string of the molecule is Cc1ccc(S(=O)(=O)N(CC(=O)N(Cc2ccc(Br)cc2)[C@H](Cc2ccccc2)C(=O)NC2CCCC2)c2cccc(Cl)c2Cl)cc1. The summed E-state index contributed by atoms with van der Waals surface area (Å²) in [5, 5.41) is 3.32. The van der Waals surface area contributed by atoms with Crippen molar-refractivity contribution in [3.63, 3.8) is 0 Å². The highest BCUT2D eigenvalue weighted by Crippen LogP contribution is 2.36. The van der Waals surface area contributed by atoms with Crippen LogP contribution < -0.4 is 9.62 Å². The number of anilines is 1. The van der Waals surface area contributed by atoms with Crippen molar-refractivity contribution in [3.05, 3.63) is 128 Å². The number of nitrogens with zero attached hydrogens (tertiary/aromatic N) is 2. The molecule has 0 heterocycles. The first-order chi connectivity index (χ1) is 22.5. The highest BCUT2D eigenvalue weighted by molar-refractivity contribution is 9.10. The zero-order chi connectivity index (χ0) is 33.6. The van der Waals surface area contributed by atoms with Crippen LogP contribution in [0, 0.1) is 6.92 Å². The standard InChI is InChI=1S/C36H36BrCl2N3O4S/c1-25-14-20-30(21-15-25)47(45,46)42(32-13-7-12-31(38)35(32)39)24-34(43)41(23-27-16-18-28(37)19-17-27)33(22-26-8-3-2-4-9-26)36(44)40-29-10-5-6-11-29/h2-4,7-9,12-21,29,33H,5-6,10-11,22-24H2,1H3,(H,40,44)/t33-/m1/s1. The van der Waals surface area contributed by atoms with E-state index in [0.29, 0.717) is 0 Å². The van der Waals surface area contributed by atoms with Crippen molar-refractivity contribution in [1.29, 1.82) is 0 Å². The summed E-state index contributed by atoms with van der Waals surface area (Å²) in [5.41, 5.74) is 2.59. The minimum atomic E-state index is -4.30. The monoisotopic (exact) mass is 755 g/mol. The van der Waals surface area contributed by atoms with Crippen molar-refractivity contribution in [2.75, 3.05) is 10.8 Å². The van der Waals surface area contributed by atoms with E-state index in [4.69, 9.17) is 23.2 Å². The van der Waals surface area contributed by atoms with Gasteiger partial charge in [0.2, 0.25) is 11.8 Å². The Bertz CT molecular complexity index is 1800. The summed E-state index contributed by atoms with van der Waals surface area (Å²) in [6, 6.07) is 27.1. The molecule has 0 unspecified atom stereocenters. The van der Waals surface area contributed by atoms with Gasteiger partial charge < -0.3 is 10.2 Å². The number of carbonyl (C=O) groups is 2. The minimum absolute atomic E-state index is 0.00285. The van der Waals surface area contributed by atoms with Crippen LogP contribution in [-0.2, 0) is 32.6 Å². The van der Waals surface area contributed by atoms with Gasteiger partial charge >= 0.3 is 0 Å². The molecule has 1 aliphatic rings. The number of carbonyl (C=O) groups excluding carboxylic acids is 2. The second-order valence-electron chi connectivity index (χ2n) is 11.7. The largest absolute Gasteiger partial charge is 0.352 e. The molecule has 11 heteroatoms. The topological polar surface area (TPSA) is 86.8 Å². The zero-order valence-electron chi connectivity index (χ0n) is 25.9. The third kappa shape index (κ3) is 8.76. The van der Waals surface area contributed by atoms with E-state index in [2.05, 4.69) is 21.2 Å². The lowest BCUT2D eigenvalue weighted by molar-refractivity contribution is -0.140. The lowest BCUT2D eigenvalue weighted by Gasteiger charge is -2.34. The molecule has 2 amide bonds. The van der Waals surface area contributed by atoms with Gasteiger partial charge in [0.25, 0.3) is 10.0 Å². The summed E-state index contributed by atoms with van der Waals surface area (Å²) in [6.07, 6.45) is 4.05. The molecular formula is C36H36BrCl2N3O4S. The smallest absolute Gasteiger partial charge is 0.264 e. The Morgan fingerprint density at radius 1 is 0.872 bits per heavy atom. The summed E-state index contributed by atoms with van der Waals surface area (Å²) in [5.74, 6) is -0.845. The van der Waals surface area contributed by atoms with Crippen LogP contribution in [-0.4, -0.2) is 43.8 Å². The van der Waals surface area contributed by atoms with Crippen LogP contribution in [0.15, 0.2) is 106 Å². The Morgan fingerprint density at radius 3 is 2.19 bits per heavy atom. The van der Waals surface area contributed by atoms with Crippen molar-refractivity contribution in [2.45, 2.75) is 62.6 Å². The Kier molecular flexibility index (Phi) is 11.7. The van der Waals surface area contributed by atoms with Crippen molar-refractivity contribution in [2.24, 2.45) is 0 Å². The molecule has 0 spiro atoms. The molecule has 0 aliphatic heterocycles. The van der Waals surface area contributed by atoms with Gasteiger partial charge in [-0.25, -0.2) is 8.42 Å². The molecule has 1 atom stereocenters. The number of aryl methyl sites for hydroxylation is 1. The second-order valence-corrected chi connectivity index (χ2v) is 15.3. The molecule has 4 aromatic carbocycles. The quantitative estimate of drug-likeness (QED) is 0.159. The van der Waals surface area contributed by atoms with Crippen LogP contribution in [0.5, 0.6) is 0 Å². The first-order valence-electron chi connectivity index (χ1n) is 15.4. The average molecular weight is 758 g/mol. The minimum Gasteiger partial charge on any atom is -0.352 e. The molecule has 246 valence electrons. The first kappa shape index (κ1) is 35.0. The number of rotatable bonds is 12. The van der Waals surface area contributed by atoms with Gasteiger partial charge in [0.15, 0.2) is 0 Å². The maximum absolute atomic E-state index is 14.7. The van der Waals surface area contributed by atoms with Gasteiger partial charge in [-0.15, -0.1) is 0 Å². The van der Waals surface area contributed by atoms with Crippen molar-refractivity contribution < 1.29 is 18.0 Å². The summed E-state index contributed by atoms with van der Waals surface area (Å²) in [6.45, 7) is 1.31. The van der Waals surface area contributed by atoms with Crippen molar-refractivity contribution >= 4 is 66.7 Å². The molecule has 7 nitrogen and oxygen atoms in total. The van der Waals surface area contributed by atoms with Crippen LogP contribution in [0.3, 0.4) is 0 Å². The number of nitrogens with one attached hydrogen (secondary N) is 1. The van der Waals surface area contributed by atoms with E-state index < -0.39 is 28.5 Å². The highest BCUT2D eigenvalue weighted by Gasteiger charge is 2.36. The first-order valence-corrected chi connectivity index (χ1v) is 18.4. The number of hydrogen-bond acceptors (Lipinski definition) is 4. The zero-order valence-corrected chi connectivity index (χ0v) is 29.8. The summed E-state index contributed by atoms with van der Waals surface area (Å²) in [7, 11) is -4.30. The van der Waals surface area contributed by atoms with E-state index in [-0.39, 0.29) is 45.5 Å². The average Bonchev–Trinajstić information content (AvgIpc) is 3.57. The molecular weight excluding hydrogens is 721 g/mol. The third-order valence-electron chi connectivity index (χ3n) is 8.33. The number of amides is 2. The predicted octanol–water partition coefficient (Wildman–Crippen LogP) is 7.96. The van der Waals surface area contributed by atoms with Gasteiger partial charge in [-0.1, -0.05) is 118 Å². The van der Waals surface area contributed by atoms with E-state index in [1.54, 1.807) is 24.3 Å². The number of sulfonamides is 1. The van der Waals surface area contributed by atoms with E-state index in [1.807, 2.05) is 61.5 Å². The van der Waals surface area contributed by atoms with Crippen LogP contribution in [0.1, 0.15) is 42.4 Å². The fourth-order valence-electron chi connectivity index (χ4n) is 5.74. The molecule has 4 aromatic rings. The molecule has 0 aromatic heterocycles. The Labute approximate surface area is 295 Å². The van der Waals surface area contributed by atoms with Crippen LogP contribution in [0.25, 0.3) is 0 Å². The van der Waals surface area contributed by atoms with Gasteiger partial charge in [0, 0.05) is 23.5 Å². The number of benzene rings is 4. The number of halogens is 3.